The lowest BCUT2D eigenvalue weighted by Crippen LogP contribution is -2.33. The van der Waals surface area contributed by atoms with E-state index < -0.39 is 0 Å². The summed E-state index contributed by atoms with van der Waals surface area (Å²) in [6.45, 7) is 8.93. The van der Waals surface area contributed by atoms with E-state index in [1.807, 2.05) is 52.0 Å². The molecule has 0 atom stereocenters. The number of nitrogens with two attached hydrogens (primary N) is 1. The topological polar surface area (TPSA) is 64.2 Å². The Morgan fingerprint density at radius 1 is 1.33 bits per heavy atom. The lowest BCUT2D eigenvalue weighted by Gasteiger charge is -2.22. The Hall–Kier alpha value is -2.30. The fourth-order valence-corrected chi connectivity index (χ4v) is 2.42. The van der Waals surface area contributed by atoms with Crippen molar-refractivity contribution in [3.05, 3.63) is 41.2 Å². The molecule has 1 aromatic carbocycles. The fraction of sp³-hybridized carbons (Fsp3) is 0.375. The van der Waals surface area contributed by atoms with Crippen molar-refractivity contribution in [2.24, 2.45) is 0 Å². The van der Waals surface area contributed by atoms with Crippen molar-refractivity contribution in [1.29, 1.82) is 0 Å². The molecule has 5 heteroatoms. The fourth-order valence-electron chi connectivity index (χ4n) is 2.42. The van der Waals surface area contributed by atoms with Gasteiger partial charge < -0.3 is 10.6 Å². The average molecular weight is 286 g/mol. The van der Waals surface area contributed by atoms with E-state index in [-0.39, 0.29) is 5.91 Å². The Morgan fingerprint density at radius 3 is 2.62 bits per heavy atom. The lowest BCUT2D eigenvalue weighted by atomic mass is 10.2. The maximum absolute atomic E-state index is 12.9. The second-order valence-corrected chi connectivity index (χ2v) is 5.05. The van der Waals surface area contributed by atoms with Crippen LogP contribution in [0.15, 0.2) is 24.3 Å². The van der Waals surface area contributed by atoms with Crippen molar-refractivity contribution in [2.75, 3.05) is 17.2 Å². The summed E-state index contributed by atoms with van der Waals surface area (Å²) in [6.07, 6.45) is 0. The van der Waals surface area contributed by atoms with Crippen LogP contribution in [0, 0.1) is 13.8 Å². The van der Waals surface area contributed by atoms with Crippen LogP contribution in [0.3, 0.4) is 0 Å². The van der Waals surface area contributed by atoms with E-state index in [0.29, 0.717) is 30.2 Å². The number of hydrogen-bond acceptors (Lipinski definition) is 3. The van der Waals surface area contributed by atoms with Crippen LogP contribution in [-0.4, -0.2) is 22.2 Å². The highest BCUT2D eigenvalue weighted by Crippen LogP contribution is 2.23. The highest BCUT2D eigenvalue weighted by molar-refractivity contribution is 6.08. The maximum Gasteiger partial charge on any atom is 0.278 e. The molecule has 112 valence electrons. The Kier molecular flexibility index (Phi) is 4.31. The second kappa shape index (κ2) is 5.99. The molecular formula is C16H22N4O. The zero-order valence-corrected chi connectivity index (χ0v) is 13.1. The largest absolute Gasteiger partial charge is 0.395 e. The predicted octanol–water partition coefficient (Wildman–Crippen LogP) is 2.77. The van der Waals surface area contributed by atoms with Gasteiger partial charge in [-0.2, -0.15) is 5.10 Å². The second-order valence-electron chi connectivity index (χ2n) is 5.05. The summed E-state index contributed by atoms with van der Waals surface area (Å²) in [5, 5.41) is 4.32. The molecule has 0 aliphatic carbocycles. The molecule has 1 amide bonds. The molecule has 21 heavy (non-hydrogen) atoms. The number of aromatic nitrogens is 2. The normalized spacial score (nSPS) is 10.7. The molecule has 0 saturated carbocycles. The lowest BCUT2D eigenvalue weighted by molar-refractivity contribution is 0.0979. The van der Waals surface area contributed by atoms with Gasteiger partial charge >= 0.3 is 0 Å². The quantitative estimate of drug-likeness (QED) is 0.940. The molecule has 0 unspecified atom stereocenters. The Balaban J connectivity index is 2.46. The zero-order chi connectivity index (χ0) is 15.6. The third-order valence-corrected chi connectivity index (χ3v) is 3.55. The van der Waals surface area contributed by atoms with Crippen LogP contribution in [0.1, 0.15) is 35.6 Å². The maximum atomic E-state index is 12.9. The van der Waals surface area contributed by atoms with Gasteiger partial charge in [0.15, 0.2) is 0 Å². The van der Waals surface area contributed by atoms with Gasteiger partial charge in [-0.3, -0.25) is 9.48 Å². The van der Waals surface area contributed by atoms with E-state index in [4.69, 9.17) is 5.73 Å². The van der Waals surface area contributed by atoms with Crippen LogP contribution in [0.4, 0.5) is 11.4 Å². The number of nitrogen functional groups attached to an aromatic ring is 1. The van der Waals surface area contributed by atoms with Gasteiger partial charge in [-0.1, -0.05) is 12.1 Å². The molecule has 2 aromatic rings. The summed E-state index contributed by atoms with van der Waals surface area (Å²) in [6, 6.07) is 7.89. The minimum absolute atomic E-state index is 0.108. The number of aryl methyl sites for hydroxylation is 3. The molecule has 0 fully saturated rings. The van der Waals surface area contributed by atoms with Crippen molar-refractivity contribution in [3.63, 3.8) is 0 Å². The average Bonchev–Trinajstić information content (AvgIpc) is 2.75. The van der Waals surface area contributed by atoms with Crippen LogP contribution in [0.25, 0.3) is 0 Å². The minimum atomic E-state index is -0.108. The summed E-state index contributed by atoms with van der Waals surface area (Å²) in [4.78, 5) is 14.6. The minimum Gasteiger partial charge on any atom is -0.395 e. The molecule has 5 nitrogen and oxygen atoms in total. The van der Waals surface area contributed by atoms with E-state index in [0.717, 1.165) is 11.3 Å². The van der Waals surface area contributed by atoms with Gasteiger partial charge in [-0.05, 0) is 45.4 Å². The molecule has 1 heterocycles. The van der Waals surface area contributed by atoms with Crippen molar-refractivity contribution in [1.82, 2.24) is 9.78 Å². The smallest absolute Gasteiger partial charge is 0.278 e. The Bertz CT molecular complexity index is 660. The van der Waals surface area contributed by atoms with E-state index in [1.165, 1.54) is 0 Å². The first kappa shape index (κ1) is 15.1. The number of nitrogens with zero attached hydrogens (tertiary/aromatic N) is 3. The molecule has 0 bridgehead atoms. The van der Waals surface area contributed by atoms with Crippen molar-refractivity contribution in [2.45, 2.75) is 34.2 Å². The van der Waals surface area contributed by atoms with E-state index in [2.05, 4.69) is 5.10 Å². The van der Waals surface area contributed by atoms with E-state index in [1.54, 1.807) is 9.58 Å². The van der Waals surface area contributed by atoms with Gasteiger partial charge in [0.05, 0.1) is 11.4 Å². The molecule has 0 spiro atoms. The van der Waals surface area contributed by atoms with Gasteiger partial charge in [0.25, 0.3) is 5.91 Å². The summed E-state index contributed by atoms with van der Waals surface area (Å²) in [7, 11) is 0. The number of amides is 1. The van der Waals surface area contributed by atoms with Crippen LogP contribution in [-0.2, 0) is 6.54 Å². The molecule has 2 N–H and O–H groups in total. The Labute approximate surface area is 125 Å². The van der Waals surface area contributed by atoms with Crippen LogP contribution < -0.4 is 10.6 Å². The third-order valence-electron chi connectivity index (χ3n) is 3.55. The van der Waals surface area contributed by atoms with E-state index >= 15 is 0 Å². The van der Waals surface area contributed by atoms with Crippen LogP contribution >= 0.6 is 0 Å². The van der Waals surface area contributed by atoms with Gasteiger partial charge in [-0.25, -0.2) is 0 Å². The van der Waals surface area contributed by atoms with Crippen molar-refractivity contribution < 1.29 is 4.79 Å². The summed E-state index contributed by atoms with van der Waals surface area (Å²) in [5.74, 6) is -0.108. The van der Waals surface area contributed by atoms with Gasteiger partial charge in [0.1, 0.15) is 5.69 Å². The van der Waals surface area contributed by atoms with Gasteiger partial charge in [0.2, 0.25) is 0 Å². The van der Waals surface area contributed by atoms with Gasteiger partial charge in [0, 0.05) is 18.8 Å². The predicted molar refractivity (Wildman–Crippen MR) is 85.6 cm³/mol. The molecular weight excluding hydrogens is 264 g/mol. The SMILES string of the molecule is CCN(C(=O)c1c(N)c(C)nn1CC)c1cccc(C)c1. The molecule has 0 saturated heterocycles. The summed E-state index contributed by atoms with van der Waals surface area (Å²) < 4.78 is 1.67. The zero-order valence-electron chi connectivity index (χ0n) is 13.1. The number of anilines is 2. The first-order chi connectivity index (χ1) is 9.99. The molecule has 0 aliphatic heterocycles. The summed E-state index contributed by atoms with van der Waals surface area (Å²) in [5.41, 5.74) is 9.68. The number of carbonyl (C=O) groups excluding carboxylic acids is 1. The molecule has 0 radical (unpaired) electrons. The van der Waals surface area contributed by atoms with Crippen molar-refractivity contribution in [3.8, 4) is 0 Å². The first-order valence-electron chi connectivity index (χ1n) is 7.21. The van der Waals surface area contributed by atoms with Crippen molar-refractivity contribution >= 4 is 17.3 Å². The van der Waals surface area contributed by atoms with E-state index in [9.17, 15) is 4.79 Å². The number of rotatable bonds is 4. The summed E-state index contributed by atoms with van der Waals surface area (Å²) >= 11 is 0. The highest BCUT2D eigenvalue weighted by Gasteiger charge is 2.24. The highest BCUT2D eigenvalue weighted by atomic mass is 16.2. The monoisotopic (exact) mass is 286 g/mol. The third kappa shape index (κ3) is 2.77. The number of hydrogen-bond donors (Lipinski definition) is 1. The Morgan fingerprint density at radius 2 is 2.05 bits per heavy atom. The van der Waals surface area contributed by atoms with Gasteiger partial charge in [-0.15, -0.1) is 0 Å². The number of benzene rings is 1. The molecule has 1 aromatic heterocycles. The van der Waals surface area contributed by atoms with Crippen LogP contribution in [0.5, 0.6) is 0 Å². The molecule has 0 aliphatic rings. The number of carbonyl (C=O) groups is 1. The standard InChI is InChI=1S/C16H22N4O/c1-5-19(13-9-7-8-11(3)10-13)16(21)15-14(17)12(4)18-20(15)6-2/h7-10H,5-6,17H2,1-4H3. The first-order valence-corrected chi connectivity index (χ1v) is 7.21. The van der Waals surface area contributed by atoms with Crippen LogP contribution in [0.2, 0.25) is 0 Å². The molecule has 2 rings (SSSR count).